The molecule has 5 nitrogen and oxygen atoms in total. The minimum Gasteiger partial charge on any atom is -0.342 e. The van der Waals surface area contributed by atoms with Crippen molar-refractivity contribution in [2.45, 2.75) is 59.3 Å². The Kier molecular flexibility index (Phi) is 4.95. The highest BCUT2D eigenvalue weighted by atomic mass is 32.1. The van der Waals surface area contributed by atoms with Gasteiger partial charge in [0.1, 0.15) is 0 Å². The quantitative estimate of drug-likeness (QED) is 0.891. The number of anilines is 1. The minimum absolute atomic E-state index is 0.0186. The zero-order valence-corrected chi connectivity index (χ0v) is 15.7. The summed E-state index contributed by atoms with van der Waals surface area (Å²) in [5, 5.41) is 3.76. The van der Waals surface area contributed by atoms with E-state index in [4.69, 9.17) is 0 Å². The molecular formula is C18H27N3O2S. The summed E-state index contributed by atoms with van der Waals surface area (Å²) in [6.45, 7) is 7.17. The first-order chi connectivity index (χ1) is 11.3. The largest absolute Gasteiger partial charge is 0.342 e. The Bertz CT molecular complexity index is 601. The molecule has 1 aliphatic carbocycles. The summed E-state index contributed by atoms with van der Waals surface area (Å²) < 4.78 is 0. The smallest absolute Gasteiger partial charge is 0.229 e. The van der Waals surface area contributed by atoms with Crippen LogP contribution in [-0.2, 0) is 22.4 Å². The Morgan fingerprint density at radius 2 is 1.83 bits per heavy atom. The molecule has 1 fully saturated rings. The Hall–Kier alpha value is -1.43. The maximum absolute atomic E-state index is 12.5. The van der Waals surface area contributed by atoms with E-state index in [0.29, 0.717) is 13.1 Å². The number of hydrogen-bond donors (Lipinski definition) is 1. The van der Waals surface area contributed by atoms with Crippen molar-refractivity contribution in [3.8, 4) is 0 Å². The average molecular weight is 350 g/mol. The van der Waals surface area contributed by atoms with Crippen LogP contribution in [0.5, 0.6) is 0 Å². The van der Waals surface area contributed by atoms with Crippen molar-refractivity contribution in [1.82, 2.24) is 9.88 Å². The number of amides is 2. The molecule has 0 unspecified atom stereocenters. The van der Waals surface area contributed by atoms with Gasteiger partial charge >= 0.3 is 0 Å². The molecule has 0 aromatic carbocycles. The third-order valence-corrected chi connectivity index (χ3v) is 5.94. The van der Waals surface area contributed by atoms with Gasteiger partial charge in [-0.2, -0.15) is 0 Å². The lowest BCUT2D eigenvalue weighted by atomic mass is 9.91. The second kappa shape index (κ2) is 6.82. The predicted molar refractivity (Wildman–Crippen MR) is 96.1 cm³/mol. The van der Waals surface area contributed by atoms with Gasteiger partial charge in [0, 0.05) is 29.3 Å². The summed E-state index contributed by atoms with van der Waals surface area (Å²) >= 11 is 1.63. The lowest BCUT2D eigenvalue weighted by Crippen LogP contribution is -2.45. The number of aromatic nitrogens is 1. The molecule has 0 spiro atoms. The van der Waals surface area contributed by atoms with Crippen molar-refractivity contribution in [3.05, 3.63) is 10.6 Å². The third-order valence-electron chi connectivity index (χ3n) is 4.87. The van der Waals surface area contributed by atoms with Crippen LogP contribution >= 0.6 is 11.3 Å². The normalized spacial score (nSPS) is 19.0. The van der Waals surface area contributed by atoms with Gasteiger partial charge in [-0.25, -0.2) is 4.98 Å². The monoisotopic (exact) mass is 349 g/mol. The average Bonchev–Trinajstić information content (AvgIpc) is 2.95. The molecule has 1 aromatic heterocycles. The molecule has 24 heavy (non-hydrogen) atoms. The second-order valence-electron chi connectivity index (χ2n) is 7.90. The van der Waals surface area contributed by atoms with Gasteiger partial charge in [-0.3, -0.25) is 9.59 Å². The number of nitrogens with one attached hydrogen (secondary N) is 1. The third kappa shape index (κ3) is 3.79. The maximum Gasteiger partial charge on any atom is 0.229 e. The van der Waals surface area contributed by atoms with Crippen LogP contribution in [-0.4, -0.2) is 34.8 Å². The van der Waals surface area contributed by atoms with Gasteiger partial charge in [0.05, 0.1) is 5.69 Å². The molecular weight excluding hydrogens is 322 g/mol. The van der Waals surface area contributed by atoms with Crippen LogP contribution in [0, 0.1) is 11.3 Å². The molecule has 3 rings (SSSR count). The molecule has 1 saturated heterocycles. The van der Waals surface area contributed by atoms with Crippen LogP contribution in [0.3, 0.4) is 0 Å². The van der Waals surface area contributed by atoms with Gasteiger partial charge in [0.15, 0.2) is 5.13 Å². The van der Waals surface area contributed by atoms with Crippen molar-refractivity contribution >= 4 is 28.3 Å². The topological polar surface area (TPSA) is 62.3 Å². The van der Waals surface area contributed by atoms with E-state index in [2.05, 4.69) is 10.3 Å². The summed E-state index contributed by atoms with van der Waals surface area (Å²) in [4.78, 5) is 32.6. The number of hydrogen-bond acceptors (Lipinski definition) is 4. The number of carbonyl (C=O) groups is 2. The first kappa shape index (κ1) is 17.4. The molecule has 1 aromatic rings. The number of rotatable bonds is 2. The molecule has 1 N–H and O–H groups in total. The Morgan fingerprint density at radius 1 is 1.17 bits per heavy atom. The second-order valence-corrected chi connectivity index (χ2v) is 8.99. The number of aryl methyl sites for hydroxylation is 2. The van der Waals surface area contributed by atoms with E-state index in [1.54, 1.807) is 11.3 Å². The fraction of sp³-hybridized carbons (Fsp3) is 0.722. The Balaban J connectivity index is 1.54. The molecule has 132 valence electrons. The molecule has 6 heteroatoms. The number of piperidine rings is 1. The van der Waals surface area contributed by atoms with Crippen LogP contribution in [0.1, 0.15) is 57.0 Å². The van der Waals surface area contributed by atoms with E-state index in [9.17, 15) is 9.59 Å². The minimum atomic E-state index is -0.352. The molecule has 0 atom stereocenters. The van der Waals surface area contributed by atoms with Crippen LogP contribution in [0.2, 0.25) is 0 Å². The van der Waals surface area contributed by atoms with Crippen molar-refractivity contribution in [3.63, 3.8) is 0 Å². The fourth-order valence-electron chi connectivity index (χ4n) is 3.43. The predicted octanol–water partition coefficient (Wildman–Crippen LogP) is 3.25. The van der Waals surface area contributed by atoms with E-state index in [1.165, 1.54) is 23.4 Å². The van der Waals surface area contributed by atoms with Crippen molar-refractivity contribution in [2.24, 2.45) is 11.3 Å². The summed E-state index contributed by atoms with van der Waals surface area (Å²) in [5.41, 5.74) is 0.821. The van der Waals surface area contributed by atoms with E-state index >= 15 is 0 Å². The van der Waals surface area contributed by atoms with Crippen LogP contribution in [0.25, 0.3) is 0 Å². The number of likely N-dealkylation sites (tertiary alicyclic amines) is 1. The lowest BCUT2D eigenvalue weighted by molar-refractivity contribution is -0.142. The summed E-state index contributed by atoms with van der Waals surface area (Å²) in [5.74, 6) is 0.216. The van der Waals surface area contributed by atoms with Gasteiger partial charge in [-0.1, -0.05) is 20.8 Å². The molecule has 0 saturated carbocycles. The first-order valence-electron chi connectivity index (χ1n) is 8.93. The number of nitrogens with zero attached hydrogens (tertiary/aromatic N) is 2. The van der Waals surface area contributed by atoms with Crippen LogP contribution < -0.4 is 5.32 Å². The van der Waals surface area contributed by atoms with Crippen molar-refractivity contribution in [1.29, 1.82) is 0 Å². The zero-order valence-electron chi connectivity index (χ0n) is 14.9. The number of fused-ring (bicyclic) bond motifs is 1. The zero-order chi connectivity index (χ0) is 17.3. The van der Waals surface area contributed by atoms with Crippen LogP contribution in [0.4, 0.5) is 5.13 Å². The lowest BCUT2D eigenvalue weighted by Gasteiger charge is -2.35. The van der Waals surface area contributed by atoms with Gasteiger partial charge in [0.25, 0.3) is 0 Å². The van der Waals surface area contributed by atoms with Gasteiger partial charge in [-0.15, -0.1) is 11.3 Å². The summed E-state index contributed by atoms with van der Waals surface area (Å²) in [7, 11) is 0. The molecule has 0 bridgehead atoms. The molecule has 1 aliphatic heterocycles. The summed E-state index contributed by atoms with van der Waals surface area (Å²) in [6, 6.07) is 0. The summed E-state index contributed by atoms with van der Waals surface area (Å²) in [6.07, 6.45) is 6.02. The fourth-order valence-corrected chi connectivity index (χ4v) is 4.48. The highest BCUT2D eigenvalue weighted by Crippen LogP contribution is 2.30. The van der Waals surface area contributed by atoms with Crippen molar-refractivity contribution < 1.29 is 9.59 Å². The van der Waals surface area contributed by atoms with Gasteiger partial charge in [-0.05, 0) is 38.5 Å². The highest BCUT2D eigenvalue weighted by molar-refractivity contribution is 7.15. The molecule has 2 amide bonds. The van der Waals surface area contributed by atoms with Crippen LogP contribution in [0.15, 0.2) is 0 Å². The molecule has 0 radical (unpaired) electrons. The van der Waals surface area contributed by atoms with Crippen molar-refractivity contribution in [2.75, 3.05) is 18.4 Å². The van der Waals surface area contributed by atoms with E-state index in [0.717, 1.165) is 30.8 Å². The highest BCUT2D eigenvalue weighted by Gasteiger charge is 2.32. The van der Waals surface area contributed by atoms with E-state index in [-0.39, 0.29) is 23.1 Å². The SMILES string of the molecule is CC(C)(C)C(=O)N1CCC(C(=O)Nc2nc3c(s2)CCCC3)CC1. The van der Waals surface area contributed by atoms with E-state index < -0.39 is 0 Å². The number of carbonyl (C=O) groups excluding carboxylic acids is 2. The number of thiazole rings is 1. The molecule has 2 aliphatic rings. The Labute approximate surface area is 147 Å². The Morgan fingerprint density at radius 3 is 2.46 bits per heavy atom. The first-order valence-corrected chi connectivity index (χ1v) is 9.75. The maximum atomic E-state index is 12.5. The van der Waals surface area contributed by atoms with Gasteiger partial charge < -0.3 is 10.2 Å². The standard InChI is InChI=1S/C18H27N3O2S/c1-18(2,3)16(23)21-10-8-12(9-11-21)15(22)20-17-19-13-6-4-5-7-14(13)24-17/h12H,4-11H2,1-3H3,(H,19,20,22). The van der Waals surface area contributed by atoms with Gasteiger partial charge in [0.2, 0.25) is 11.8 Å². The molecule has 2 heterocycles. The van der Waals surface area contributed by atoms with E-state index in [1.807, 2.05) is 25.7 Å².